The zero-order chi connectivity index (χ0) is 12.1. The molecule has 0 aromatic heterocycles. The number of para-hydroxylation sites is 1. The van der Waals surface area contributed by atoms with Gasteiger partial charge in [0.2, 0.25) is 0 Å². The van der Waals surface area contributed by atoms with Crippen LogP contribution in [0.3, 0.4) is 0 Å². The molecule has 0 spiro atoms. The second kappa shape index (κ2) is 5.51. The minimum absolute atomic E-state index is 0.493. The molecule has 1 N–H and O–H groups in total. The van der Waals surface area contributed by atoms with Gasteiger partial charge in [-0.25, -0.2) is 0 Å². The fourth-order valence-corrected chi connectivity index (χ4v) is 1.87. The molecule has 2 aromatic rings. The molecule has 2 heteroatoms. The van der Waals surface area contributed by atoms with E-state index >= 15 is 0 Å². The fourth-order valence-electron chi connectivity index (χ4n) is 1.87. The SMILES string of the molecule is COc1ccccc1C[C@H](O)c1ccccc1. The van der Waals surface area contributed by atoms with Crippen LogP contribution in [0.1, 0.15) is 17.2 Å². The number of aliphatic hydroxyl groups excluding tert-OH is 1. The lowest BCUT2D eigenvalue weighted by Crippen LogP contribution is -2.03. The molecule has 2 aromatic carbocycles. The number of rotatable bonds is 4. The summed E-state index contributed by atoms with van der Waals surface area (Å²) in [5.41, 5.74) is 1.95. The molecule has 1 atom stereocenters. The van der Waals surface area contributed by atoms with Crippen molar-refractivity contribution < 1.29 is 9.84 Å². The molecule has 0 aliphatic rings. The van der Waals surface area contributed by atoms with E-state index in [0.717, 1.165) is 16.9 Å². The van der Waals surface area contributed by atoms with Gasteiger partial charge < -0.3 is 9.84 Å². The van der Waals surface area contributed by atoms with Crippen molar-refractivity contribution in [3.05, 3.63) is 65.7 Å². The zero-order valence-corrected chi connectivity index (χ0v) is 9.84. The molecule has 0 heterocycles. The standard InChI is InChI=1S/C15H16O2/c1-17-15-10-6-5-9-13(15)11-14(16)12-7-3-2-4-8-12/h2-10,14,16H,11H2,1H3/t14-/m0/s1. The molecule has 0 fully saturated rings. The lowest BCUT2D eigenvalue weighted by molar-refractivity contribution is 0.177. The number of benzene rings is 2. The van der Waals surface area contributed by atoms with Crippen molar-refractivity contribution in [2.75, 3.05) is 7.11 Å². The molecule has 17 heavy (non-hydrogen) atoms. The Hall–Kier alpha value is -1.80. The molecule has 0 bridgehead atoms. The highest BCUT2D eigenvalue weighted by Gasteiger charge is 2.10. The summed E-state index contributed by atoms with van der Waals surface area (Å²) in [6.45, 7) is 0. The maximum absolute atomic E-state index is 10.1. The lowest BCUT2D eigenvalue weighted by Gasteiger charge is -2.13. The molecule has 0 unspecified atom stereocenters. The van der Waals surface area contributed by atoms with E-state index in [0.29, 0.717) is 6.42 Å². The van der Waals surface area contributed by atoms with Crippen LogP contribution >= 0.6 is 0 Å². The number of hydrogen-bond acceptors (Lipinski definition) is 2. The van der Waals surface area contributed by atoms with Crippen molar-refractivity contribution in [1.29, 1.82) is 0 Å². The van der Waals surface area contributed by atoms with Crippen LogP contribution in [0.5, 0.6) is 5.75 Å². The maximum atomic E-state index is 10.1. The summed E-state index contributed by atoms with van der Waals surface area (Å²) in [7, 11) is 1.65. The first-order valence-corrected chi connectivity index (χ1v) is 5.66. The summed E-state index contributed by atoms with van der Waals surface area (Å²) in [4.78, 5) is 0. The number of hydrogen-bond donors (Lipinski definition) is 1. The monoisotopic (exact) mass is 228 g/mol. The second-order valence-corrected chi connectivity index (χ2v) is 3.94. The largest absolute Gasteiger partial charge is 0.496 e. The van der Waals surface area contributed by atoms with Crippen LogP contribution in [0.4, 0.5) is 0 Å². The zero-order valence-electron chi connectivity index (χ0n) is 9.84. The summed E-state index contributed by atoms with van der Waals surface area (Å²) in [6.07, 6.45) is 0.0705. The molecule has 0 radical (unpaired) electrons. The Labute approximate surface area is 101 Å². The number of ether oxygens (including phenoxy) is 1. The van der Waals surface area contributed by atoms with Crippen LogP contribution in [0, 0.1) is 0 Å². The molecule has 2 rings (SSSR count). The van der Waals surface area contributed by atoms with Gasteiger partial charge in [0.15, 0.2) is 0 Å². The van der Waals surface area contributed by atoms with Gasteiger partial charge in [0.05, 0.1) is 13.2 Å². The van der Waals surface area contributed by atoms with E-state index in [2.05, 4.69) is 0 Å². The average molecular weight is 228 g/mol. The van der Waals surface area contributed by atoms with E-state index in [1.807, 2.05) is 54.6 Å². The van der Waals surface area contributed by atoms with Gasteiger partial charge in [-0.05, 0) is 17.2 Å². The van der Waals surface area contributed by atoms with Gasteiger partial charge in [-0.3, -0.25) is 0 Å². The van der Waals surface area contributed by atoms with Crippen molar-refractivity contribution in [3.8, 4) is 5.75 Å². The summed E-state index contributed by atoms with van der Waals surface area (Å²) >= 11 is 0. The number of methoxy groups -OCH3 is 1. The molecule has 0 aliphatic heterocycles. The smallest absolute Gasteiger partial charge is 0.122 e. The molecule has 0 saturated carbocycles. The summed E-state index contributed by atoms with van der Waals surface area (Å²) in [5.74, 6) is 0.822. The van der Waals surface area contributed by atoms with Crippen molar-refractivity contribution in [3.63, 3.8) is 0 Å². The van der Waals surface area contributed by atoms with E-state index in [1.165, 1.54) is 0 Å². The third-order valence-corrected chi connectivity index (χ3v) is 2.79. The Balaban J connectivity index is 2.16. The van der Waals surface area contributed by atoms with Crippen molar-refractivity contribution in [1.82, 2.24) is 0 Å². The Bertz CT molecular complexity index is 465. The first kappa shape index (κ1) is 11.7. The van der Waals surface area contributed by atoms with Crippen LogP contribution < -0.4 is 4.74 Å². The fraction of sp³-hybridized carbons (Fsp3) is 0.200. The van der Waals surface area contributed by atoms with Gasteiger partial charge in [-0.2, -0.15) is 0 Å². The van der Waals surface area contributed by atoms with Crippen LogP contribution in [0.15, 0.2) is 54.6 Å². The Morgan fingerprint density at radius 1 is 1.00 bits per heavy atom. The maximum Gasteiger partial charge on any atom is 0.122 e. The third-order valence-electron chi connectivity index (χ3n) is 2.79. The quantitative estimate of drug-likeness (QED) is 0.871. The van der Waals surface area contributed by atoms with E-state index in [4.69, 9.17) is 4.74 Å². The Morgan fingerprint density at radius 3 is 2.35 bits per heavy atom. The Morgan fingerprint density at radius 2 is 1.65 bits per heavy atom. The van der Waals surface area contributed by atoms with E-state index in [1.54, 1.807) is 7.11 Å². The topological polar surface area (TPSA) is 29.5 Å². The summed E-state index contributed by atoms with van der Waals surface area (Å²) < 4.78 is 5.27. The van der Waals surface area contributed by atoms with Gasteiger partial charge in [-0.1, -0.05) is 48.5 Å². The highest BCUT2D eigenvalue weighted by Crippen LogP contribution is 2.24. The van der Waals surface area contributed by atoms with Crippen LogP contribution in [-0.4, -0.2) is 12.2 Å². The normalized spacial score (nSPS) is 12.1. The van der Waals surface area contributed by atoms with E-state index in [9.17, 15) is 5.11 Å². The van der Waals surface area contributed by atoms with E-state index in [-0.39, 0.29) is 0 Å². The van der Waals surface area contributed by atoms with Crippen LogP contribution in [0.25, 0.3) is 0 Å². The molecule has 0 amide bonds. The van der Waals surface area contributed by atoms with E-state index < -0.39 is 6.10 Å². The van der Waals surface area contributed by atoms with Gasteiger partial charge in [0, 0.05) is 6.42 Å². The average Bonchev–Trinajstić information content (AvgIpc) is 2.40. The minimum Gasteiger partial charge on any atom is -0.496 e. The Kier molecular flexibility index (Phi) is 3.78. The van der Waals surface area contributed by atoms with Gasteiger partial charge in [0.1, 0.15) is 5.75 Å². The molecule has 0 saturated heterocycles. The van der Waals surface area contributed by atoms with Gasteiger partial charge in [0.25, 0.3) is 0 Å². The predicted octanol–water partition coefficient (Wildman–Crippen LogP) is 2.97. The molecule has 2 nitrogen and oxygen atoms in total. The molecular formula is C15H16O2. The first-order valence-electron chi connectivity index (χ1n) is 5.66. The summed E-state index contributed by atoms with van der Waals surface area (Å²) in [5, 5.41) is 10.1. The predicted molar refractivity (Wildman–Crippen MR) is 68.1 cm³/mol. The van der Waals surface area contributed by atoms with Crippen molar-refractivity contribution in [2.24, 2.45) is 0 Å². The molecular weight excluding hydrogens is 212 g/mol. The van der Waals surface area contributed by atoms with Crippen molar-refractivity contribution >= 4 is 0 Å². The lowest BCUT2D eigenvalue weighted by atomic mass is 10.0. The molecule has 0 aliphatic carbocycles. The third kappa shape index (κ3) is 2.86. The van der Waals surface area contributed by atoms with Gasteiger partial charge >= 0.3 is 0 Å². The summed E-state index contributed by atoms with van der Waals surface area (Å²) in [6, 6.07) is 17.4. The first-order chi connectivity index (χ1) is 8.31. The van der Waals surface area contributed by atoms with Gasteiger partial charge in [-0.15, -0.1) is 0 Å². The van der Waals surface area contributed by atoms with Crippen molar-refractivity contribution in [2.45, 2.75) is 12.5 Å². The van der Waals surface area contributed by atoms with Crippen LogP contribution in [0.2, 0.25) is 0 Å². The number of aliphatic hydroxyl groups is 1. The second-order valence-electron chi connectivity index (χ2n) is 3.94. The highest BCUT2D eigenvalue weighted by atomic mass is 16.5. The minimum atomic E-state index is -0.493. The van der Waals surface area contributed by atoms with Crippen LogP contribution in [-0.2, 0) is 6.42 Å². The highest BCUT2D eigenvalue weighted by molar-refractivity contribution is 5.34. The molecule has 88 valence electrons.